The first kappa shape index (κ1) is 26.3. The summed E-state index contributed by atoms with van der Waals surface area (Å²) in [5.74, 6) is 1.45. The van der Waals surface area contributed by atoms with Crippen LogP contribution >= 0.6 is 0 Å². The van der Waals surface area contributed by atoms with Crippen LogP contribution in [0.1, 0.15) is 76.2 Å². The van der Waals surface area contributed by atoms with E-state index < -0.39 is 21.8 Å². The molecule has 1 aliphatic rings. The van der Waals surface area contributed by atoms with E-state index in [9.17, 15) is 18.3 Å². The molecule has 1 aliphatic carbocycles. The zero-order valence-corrected chi connectivity index (χ0v) is 21.9. The van der Waals surface area contributed by atoms with Gasteiger partial charge in [0.15, 0.2) is 5.65 Å². The molecule has 0 radical (unpaired) electrons. The Hall–Kier alpha value is -2.76. The number of imidazole rings is 1. The van der Waals surface area contributed by atoms with E-state index in [1.54, 1.807) is 13.0 Å². The number of rotatable bonds is 11. The van der Waals surface area contributed by atoms with Crippen LogP contribution in [0, 0.1) is 6.92 Å². The molecular formula is C25H35N5O5S. The molecule has 1 fully saturated rings. The molecule has 1 atom stereocenters. The van der Waals surface area contributed by atoms with Gasteiger partial charge in [0, 0.05) is 12.0 Å². The molecule has 3 aromatic rings. The van der Waals surface area contributed by atoms with Gasteiger partial charge in [0.1, 0.15) is 17.4 Å². The summed E-state index contributed by atoms with van der Waals surface area (Å²) in [6.07, 6.45) is 6.46. The normalized spacial score (nSPS) is 15.6. The van der Waals surface area contributed by atoms with Crippen molar-refractivity contribution in [2.45, 2.75) is 82.6 Å². The number of aromatic amines is 1. The van der Waals surface area contributed by atoms with Crippen LogP contribution in [0.2, 0.25) is 0 Å². The minimum Gasteiger partial charge on any atom is -0.493 e. The Morgan fingerprint density at radius 1 is 1.25 bits per heavy atom. The highest BCUT2D eigenvalue weighted by atomic mass is 32.2. The molecule has 2 heterocycles. The standard InChI is InChI=1S/C25H35N5O5S/c1-4-6-11-18(15-31)29-36(33,34)19-12-13-21(35-5-2)20(14-19)23-27-24-22(17-9-7-8-10-17)26-16(3)30(24)25(32)28-23/h12-14,17-18,29,31H,4-11,15H2,1-3H3,(H,27,28,32). The van der Waals surface area contributed by atoms with Crippen LogP contribution in [0.15, 0.2) is 27.9 Å². The molecule has 4 rings (SSSR count). The van der Waals surface area contributed by atoms with Gasteiger partial charge in [0.2, 0.25) is 10.0 Å². The van der Waals surface area contributed by atoms with Gasteiger partial charge in [0.25, 0.3) is 0 Å². The van der Waals surface area contributed by atoms with Crippen molar-refractivity contribution < 1.29 is 18.3 Å². The molecule has 3 N–H and O–H groups in total. The molecule has 2 aromatic heterocycles. The number of aliphatic hydroxyl groups excluding tert-OH is 1. The summed E-state index contributed by atoms with van der Waals surface area (Å²) in [5, 5.41) is 9.65. The molecule has 1 saturated carbocycles. The number of ether oxygens (including phenoxy) is 1. The van der Waals surface area contributed by atoms with Crippen molar-refractivity contribution in [1.82, 2.24) is 24.1 Å². The maximum absolute atomic E-state index is 13.2. The van der Waals surface area contributed by atoms with Gasteiger partial charge in [-0.25, -0.2) is 32.3 Å². The lowest BCUT2D eigenvalue weighted by Crippen LogP contribution is -2.37. The van der Waals surface area contributed by atoms with Gasteiger partial charge in [-0.1, -0.05) is 32.6 Å². The monoisotopic (exact) mass is 517 g/mol. The predicted octanol–water partition coefficient (Wildman–Crippen LogP) is 3.28. The molecule has 0 aliphatic heterocycles. The highest BCUT2D eigenvalue weighted by molar-refractivity contribution is 7.89. The van der Waals surface area contributed by atoms with Crippen LogP contribution < -0.4 is 15.1 Å². The number of aryl methyl sites for hydroxylation is 1. The number of nitrogens with zero attached hydrogens (tertiary/aromatic N) is 3. The highest BCUT2D eigenvalue weighted by Crippen LogP contribution is 2.36. The second kappa shape index (κ2) is 11.1. The fourth-order valence-electron chi connectivity index (χ4n) is 4.85. The largest absolute Gasteiger partial charge is 0.493 e. The van der Waals surface area contributed by atoms with Crippen molar-refractivity contribution in [3.8, 4) is 17.1 Å². The topological polar surface area (TPSA) is 139 Å². The molecule has 10 nitrogen and oxygen atoms in total. The van der Waals surface area contributed by atoms with E-state index in [4.69, 9.17) is 9.72 Å². The number of hydrogen-bond donors (Lipinski definition) is 3. The number of H-pyrrole nitrogens is 1. The van der Waals surface area contributed by atoms with E-state index in [1.807, 2.05) is 13.8 Å². The van der Waals surface area contributed by atoms with Crippen molar-refractivity contribution in [3.05, 3.63) is 40.2 Å². The van der Waals surface area contributed by atoms with Gasteiger partial charge in [-0.2, -0.15) is 0 Å². The first-order chi connectivity index (χ1) is 17.3. The van der Waals surface area contributed by atoms with Crippen LogP contribution in [0.5, 0.6) is 5.75 Å². The molecule has 1 unspecified atom stereocenters. The lowest BCUT2D eigenvalue weighted by Gasteiger charge is -2.17. The van der Waals surface area contributed by atoms with Gasteiger partial charge in [0.05, 0.1) is 29.4 Å². The lowest BCUT2D eigenvalue weighted by molar-refractivity contribution is 0.248. The van der Waals surface area contributed by atoms with Gasteiger partial charge in [-0.15, -0.1) is 0 Å². The quantitative estimate of drug-likeness (QED) is 0.355. The Kier molecular flexibility index (Phi) is 8.11. The van der Waals surface area contributed by atoms with E-state index in [-0.39, 0.29) is 23.2 Å². The molecule has 36 heavy (non-hydrogen) atoms. The van der Waals surface area contributed by atoms with E-state index in [0.717, 1.165) is 44.2 Å². The highest BCUT2D eigenvalue weighted by Gasteiger charge is 2.26. The molecule has 0 amide bonds. The Morgan fingerprint density at radius 2 is 2.00 bits per heavy atom. The van der Waals surface area contributed by atoms with Crippen LogP contribution in [-0.2, 0) is 10.0 Å². The van der Waals surface area contributed by atoms with Crippen molar-refractivity contribution in [3.63, 3.8) is 0 Å². The van der Waals surface area contributed by atoms with Gasteiger partial charge in [-0.05, 0) is 51.3 Å². The molecule has 0 saturated heterocycles. The summed E-state index contributed by atoms with van der Waals surface area (Å²) in [7, 11) is -3.94. The molecule has 11 heteroatoms. The first-order valence-corrected chi connectivity index (χ1v) is 14.2. The molecular weight excluding hydrogens is 482 g/mol. The van der Waals surface area contributed by atoms with Crippen molar-refractivity contribution in [2.75, 3.05) is 13.2 Å². The third kappa shape index (κ3) is 5.33. The Balaban J connectivity index is 1.81. The molecule has 196 valence electrons. The second-order valence-electron chi connectivity index (χ2n) is 9.31. The Morgan fingerprint density at radius 3 is 2.67 bits per heavy atom. The fourth-order valence-corrected chi connectivity index (χ4v) is 6.14. The maximum Gasteiger partial charge on any atom is 0.334 e. The SMILES string of the molecule is CCCCC(CO)NS(=O)(=O)c1ccc(OCC)c(-c2nc3c(C4CCCC4)nc(C)n3c(=O)[nH]2)c1. The van der Waals surface area contributed by atoms with Crippen molar-refractivity contribution in [1.29, 1.82) is 0 Å². The van der Waals surface area contributed by atoms with E-state index in [1.165, 1.54) is 16.5 Å². The number of unbranched alkanes of at least 4 members (excludes halogenated alkanes) is 1. The molecule has 0 bridgehead atoms. The third-order valence-corrected chi connectivity index (χ3v) is 8.22. The summed E-state index contributed by atoms with van der Waals surface area (Å²) < 4.78 is 36.1. The van der Waals surface area contributed by atoms with E-state index in [0.29, 0.717) is 35.8 Å². The van der Waals surface area contributed by atoms with Crippen molar-refractivity contribution >= 4 is 15.7 Å². The van der Waals surface area contributed by atoms with Crippen LogP contribution in [0.3, 0.4) is 0 Å². The van der Waals surface area contributed by atoms with Crippen molar-refractivity contribution in [2.24, 2.45) is 0 Å². The predicted molar refractivity (Wildman–Crippen MR) is 137 cm³/mol. The Labute approximate surface area is 211 Å². The number of fused-ring (bicyclic) bond motifs is 1. The third-order valence-electron chi connectivity index (χ3n) is 6.70. The van der Waals surface area contributed by atoms with Gasteiger partial charge in [-0.3, -0.25) is 4.98 Å². The van der Waals surface area contributed by atoms with Gasteiger partial charge >= 0.3 is 5.69 Å². The van der Waals surface area contributed by atoms with Gasteiger partial charge < -0.3 is 9.84 Å². The summed E-state index contributed by atoms with van der Waals surface area (Å²) in [6, 6.07) is 3.89. The number of sulfonamides is 1. The average molecular weight is 518 g/mol. The number of benzene rings is 1. The van der Waals surface area contributed by atoms with Crippen LogP contribution in [-0.4, -0.2) is 52.1 Å². The maximum atomic E-state index is 13.2. The van der Waals surface area contributed by atoms with Crippen LogP contribution in [0.25, 0.3) is 17.0 Å². The number of nitrogens with one attached hydrogen (secondary N) is 2. The zero-order valence-electron chi connectivity index (χ0n) is 21.1. The molecule has 0 spiro atoms. The average Bonchev–Trinajstić information content (AvgIpc) is 3.50. The number of aromatic nitrogens is 4. The number of hydrogen-bond acceptors (Lipinski definition) is 7. The summed E-state index contributed by atoms with van der Waals surface area (Å²) in [4.78, 5) is 25.3. The lowest BCUT2D eigenvalue weighted by atomic mass is 10.0. The second-order valence-corrected chi connectivity index (χ2v) is 11.0. The van der Waals surface area contributed by atoms with E-state index >= 15 is 0 Å². The van der Waals surface area contributed by atoms with E-state index in [2.05, 4.69) is 14.7 Å². The van der Waals surface area contributed by atoms with Crippen LogP contribution in [0.4, 0.5) is 0 Å². The first-order valence-electron chi connectivity index (χ1n) is 12.7. The summed E-state index contributed by atoms with van der Waals surface area (Å²) >= 11 is 0. The fraction of sp³-hybridized carbons (Fsp3) is 0.560. The zero-order chi connectivity index (χ0) is 25.9. The number of aliphatic hydroxyl groups is 1. The minimum atomic E-state index is -3.94. The summed E-state index contributed by atoms with van der Waals surface area (Å²) in [5.41, 5.74) is 1.28. The molecule has 1 aromatic carbocycles. The summed E-state index contributed by atoms with van der Waals surface area (Å²) in [6.45, 7) is 5.67. The smallest absolute Gasteiger partial charge is 0.334 e. The minimum absolute atomic E-state index is 0.000807. The Bertz CT molecular complexity index is 1380.